The SMILES string of the molecule is CCn1c(=O)[nH]c(=O)c2[nH]c(-c3cc(C)ccc3Br)nc21. The van der Waals surface area contributed by atoms with Crippen molar-refractivity contribution in [3.8, 4) is 11.4 Å². The molecule has 3 aromatic rings. The maximum absolute atomic E-state index is 11.9. The summed E-state index contributed by atoms with van der Waals surface area (Å²) in [4.78, 5) is 33.4. The van der Waals surface area contributed by atoms with Gasteiger partial charge in [0.2, 0.25) is 0 Å². The summed E-state index contributed by atoms with van der Waals surface area (Å²) in [6.45, 7) is 4.24. The molecule has 0 amide bonds. The fraction of sp³-hybridized carbons (Fsp3) is 0.214. The highest BCUT2D eigenvalue weighted by molar-refractivity contribution is 9.10. The Kier molecular flexibility index (Phi) is 3.29. The van der Waals surface area contributed by atoms with Gasteiger partial charge in [0.25, 0.3) is 5.56 Å². The number of halogens is 1. The molecular formula is C14H13BrN4O2. The van der Waals surface area contributed by atoms with Crippen molar-refractivity contribution in [3.63, 3.8) is 0 Å². The summed E-state index contributed by atoms with van der Waals surface area (Å²) in [5.74, 6) is 0.555. The first-order chi connectivity index (χ1) is 10.0. The predicted octanol–water partition coefficient (Wildman–Crippen LogP) is 2.17. The van der Waals surface area contributed by atoms with E-state index in [1.165, 1.54) is 4.57 Å². The number of aryl methyl sites for hydroxylation is 2. The van der Waals surface area contributed by atoms with E-state index < -0.39 is 11.2 Å². The molecule has 0 spiro atoms. The lowest BCUT2D eigenvalue weighted by atomic mass is 10.1. The molecule has 0 aliphatic carbocycles. The Morgan fingerprint density at radius 1 is 1.29 bits per heavy atom. The van der Waals surface area contributed by atoms with Gasteiger partial charge in [-0.2, -0.15) is 0 Å². The van der Waals surface area contributed by atoms with Gasteiger partial charge in [-0.3, -0.25) is 14.3 Å². The first-order valence-corrected chi connectivity index (χ1v) is 7.30. The number of aromatic amines is 2. The van der Waals surface area contributed by atoms with Crippen molar-refractivity contribution in [2.45, 2.75) is 20.4 Å². The van der Waals surface area contributed by atoms with Crippen molar-refractivity contribution in [2.75, 3.05) is 0 Å². The average Bonchev–Trinajstić information content (AvgIpc) is 2.87. The van der Waals surface area contributed by atoms with Crippen LogP contribution in [0.4, 0.5) is 0 Å². The first-order valence-electron chi connectivity index (χ1n) is 6.50. The number of hydrogen-bond donors (Lipinski definition) is 2. The van der Waals surface area contributed by atoms with Crippen LogP contribution < -0.4 is 11.2 Å². The van der Waals surface area contributed by atoms with E-state index in [2.05, 4.69) is 30.9 Å². The zero-order valence-electron chi connectivity index (χ0n) is 11.5. The Morgan fingerprint density at radius 2 is 2.05 bits per heavy atom. The molecule has 3 rings (SSSR count). The molecule has 0 saturated carbocycles. The molecule has 1 aromatic carbocycles. The number of hydrogen-bond acceptors (Lipinski definition) is 3. The van der Waals surface area contributed by atoms with E-state index in [-0.39, 0.29) is 0 Å². The van der Waals surface area contributed by atoms with Crippen molar-refractivity contribution < 1.29 is 0 Å². The molecule has 0 aliphatic heterocycles. The lowest BCUT2D eigenvalue weighted by Gasteiger charge is -2.02. The number of aromatic nitrogens is 4. The summed E-state index contributed by atoms with van der Waals surface area (Å²) in [5, 5.41) is 0. The summed E-state index contributed by atoms with van der Waals surface area (Å²) in [7, 11) is 0. The largest absolute Gasteiger partial charge is 0.332 e. The lowest BCUT2D eigenvalue weighted by Crippen LogP contribution is -2.29. The Bertz CT molecular complexity index is 952. The van der Waals surface area contributed by atoms with Gasteiger partial charge in [-0.25, -0.2) is 9.78 Å². The molecule has 0 fully saturated rings. The molecular weight excluding hydrogens is 336 g/mol. The smallest absolute Gasteiger partial charge is 0.330 e. The van der Waals surface area contributed by atoms with Gasteiger partial charge in [0.05, 0.1) is 0 Å². The molecule has 0 saturated heterocycles. The average molecular weight is 349 g/mol. The minimum Gasteiger partial charge on any atom is -0.332 e. The van der Waals surface area contributed by atoms with Gasteiger partial charge in [-0.05, 0) is 26.0 Å². The zero-order valence-corrected chi connectivity index (χ0v) is 13.1. The zero-order chi connectivity index (χ0) is 15.1. The van der Waals surface area contributed by atoms with Crippen LogP contribution >= 0.6 is 15.9 Å². The second-order valence-electron chi connectivity index (χ2n) is 4.77. The van der Waals surface area contributed by atoms with Crippen LogP contribution in [0, 0.1) is 6.92 Å². The van der Waals surface area contributed by atoms with Crippen molar-refractivity contribution in [1.82, 2.24) is 19.5 Å². The summed E-state index contributed by atoms with van der Waals surface area (Å²) < 4.78 is 2.30. The molecule has 108 valence electrons. The molecule has 0 unspecified atom stereocenters. The Balaban J connectivity index is 2.36. The molecule has 2 heterocycles. The molecule has 0 radical (unpaired) electrons. The van der Waals surface area contributed by atoms with Crippen LogP contribution in [0.15, 0.2) is 32.3 Å². The highest BCUT2D eigenvalue weighted by atomic mass is 79.9. The second kappa shape index (κ2) is 5.00. The standard InChI is InChI=1S/C14H13BrN4O2/c1-3-19-12-10(13(20)18-14(19)21)16-11(17-12)8-6-7(2)4-5-9(8)15/h4-6H,3H2,1-2H3,(H,16,17)(H,18,20,21). The highest BCUT2D eigenvalue weighted by Gasteiger charge is 2.14. The van der Waals surface area contributed by atoms with E-state index >= 15 is 0 Å². The quantitative estimate of drug-likeness (QED) is 0.744. The summed E-state index contributed by atoms with van der Waals surface area (Å²) in [6, 6.07) is 5.87. The van der Waals surface area contributed by atoms with Gasteiger partial charge < -0.3 is 4.98 Å². The fourth-order valence-corrected chi connectivity index (χ4v) is 2.72. The number of fused-ring (bicyclic) bond motifs is 1. The van der Waals surface area contributed by atoms with E-state index in [0.717, 1.165) is 15.6 Å². The van der Waals surface area contributed by atoms with Gasteiger partial charge in [-0.15, -0.1) is 0 Å². The topological polar surface area (TPSA) is 83.5 Å². The second-order valence-corrected chi connectivity index (χ2v) is 5.63. The van der Waals surface area contributed by atoms with Crippen LogP contribution in [-0.2, 0) is 6.54 Å². The molecule has 7 heteroatoms. The van der Waals surface area contributed by atoms with Crippen LogP contribution in [-0.4, -0.2) is 19.5 Å². The summed E-state index contributed by atoms with van der Waals surface area (Å²) in [5.41, 5.74) is 1.70. The number of rotatable bonds is 2. The van der Waals surface area contributed by atoms with Crippen molar-refractivity contribution in [2.24, 2.45) is 0 Å². The van der Waals surface area contributed by atoms with Crippen molar-refractivity contribution >= 4 is 27.1 Å². The number of imidazole rings is 1. The predicted molar refractivity (Wildman–Crippen MR) is 84.5 cm³/mol. The fourth-order valence-electron chi connectivity index (χ4n) is 2.28. The Morgan fingerprint density at radius 3 is 2.76 bits per heavy atom. The lowest BCUT2D eigenvalue weighted by molar-refractivity contribution is 0.720. The summed E-state index contributed by atoms with van der Waals surface area (Å²) >= 11 is 3.48. The normalized spacial score (nSPS) is 11.2. The molecule has 0 atom stereocenters. The maximum Gasteiger partial charge on any atom is 0.330 e. The van der Waals surface area contributed by atoms with Crippen LogP contribution in [0.2, 0.25) is 0 Å². The van der Waals surface area contributed by atoms with Gasteiger partial charge >= 0.3 is 5.69 Å². The van der Waals surface area contributed by atoms with E-state index in [0.29, 0.717) is 23.5 Å². The molecule has 2 N–H and O–H groups in total. The summed E-state index contributed by atoms with van der Waals surface area (Å²) in [6.07, 6.45) is 0. The number of H-pyrrole nitrogens is 2. The van der Waals surface area contributed by atoms with E-state index in [9.17, 15) is 9.59 Å². The van der Waals surface area contributed by atoms with Crippen molar-refractivity contribution in [3.05, 3.63) is 49.1 Å². The maximum atomic E-state index is 11.9. The monoisotopic (exact) mass is 348 g/mol. The first kappa shape index (κ1) is 13.8. The third kappa shape index (κ3) is 2.23. The van der Waals surface area contributed by atoms with Gasteiger partial charge in [-0.1, -0.05) is 27.6 Å². The Labute approximate surface area is 128 Å². The van der Waals surface area contributed by atoms with Crippen LogP contribution in [0.3, 0.4) is 0 Å². The number of benzene rings is 1. The van der Waals surface area contributed by atoms with E-state index in [4.69, 9.17) is 0 Å². The third-order valence-corrected chi connectivity index (χ3v) is 4.02. The van der Waals surface area contributed by atoms with Crippen LogP contribution in [0.25, 0.3) is 22.6 Å². The molecule has 6 nitrogen and oxygen atoms in total. The molecule has 21 heavy (non-hydrogen) atoms. The molecule has 2 aromatic heterocycles. The number of nitrogens with zero attached hydrogens (tertiary/aromatic N) is 2. The minimum atomic E-state index is -0.456. The van der Waals surface area contributed by atoms with E-state index in [1.807, 2.05) is 32.0 Å². The molecule has 0 bridgehead atoms. The van der Waals surface area contributed by atoms with Crippen LogP contribution in [0.5, 0.6) is 0 Å². The highest BCUT2D eigenvalue weighted by Crippen LogP contribution is 2.27. The van der Waals surface area contributed by atoms with Gasteiger partial charge in [0.1, 0.15) is 11.3 Å². The number of nitrogens with one attached hydrogen (secondary N) is 2. The van der Waals surface area contributed by atoms with Crippen molar-refractivity contribution in [1.29, 1.82) is 0 Å². The third-order valence-electron chi connectivity index (χ3n) is 3.33. The Hall–Kier alpha value is -2.15. The molecule has 0 aliphatic rings. The van der Waals surface area contributed by atoms with E-state index in [1.54, 1.807) is 0 Å². The minimum absolute atomic E-state index is 0.305. The van der Waals surface area contributed by atoms with Crippen LogP contribution in [0.1, 0.15) is 12.5 Å². The van der Waals surface area contributed by atoms with Gasteiger partial charge in [0, 0.05) is 16.6 Å². The van der Waals surface area contributed by atoms with Gasteiger partial charge in [0.15, 0.2) is 5.65 Å².